The molecule has 4 rings (SSSR count). The van der Waals surface area contributed by atoms with Gasteiger partial charge in [0.05, 0.1) is 5.56 Å². The van der Waals surface area contributed by atoms with E-state index in [1.165, 1.54) is 22.9 Å². The van der Waals surface area contributed by atoms with Crippen LogP contribution in [0.3, 0.4) is 0 Å². The fourth-order valence-electron chi connectivity index (χ4n) is 3.66. The number of carbonyl (C=O) groups excluding carboxylic acids is 2. The van der Waals surface area contributed by atoms with E-state index >= 15 is 0 Å². The molecule has 0 fully saturated rings. The van der Waals surface area contributed by atoms with Crippen molar-refractivity contribution >= 4 is 23.2 Å². The van der Waals surface area contributed by atoms with Crippen molar-refractivity contribution in [2.24, 2.45) is 0 Å². The summed E-state index contributed by atoms with van der Waals surface area (Å²) < 4.78 is 3.62. The number of nitrogens with one attached hydrogen (secondary N) is 2. The van der Waals surface area contributed by atoms with E-state index in [0.29, 0.717) is 23.5 Å². The van der Waals surface area contributed by atoms with Crippen LogP contribution in [0.5, 0.6) is 0 Å². The van der Waals surface area contributed by atoms with Crippen molar-refractivity contribution in [2.45, 2.75) is 33.4 Å². The second kappa shape index (κ2) is 9.52. The summed E-state index contributed by atoms with van der Waals surface area (Å²) in [6, 6.07) is 18.6. The molecule has 0 spiro atoms. The van der Waals surface area contributed by atoms with E-state index in [1.807, 2.05) is 38.1 Å². The summed E-state index contributed by atoms with van der Waals surface area (Å²) in [7, 11) is 0. The molecule has 0 saturated heterocycles. The summed E-state index contributed by atoms with van der Waals surface area (Å²) in [6.07, 6.45) is 2.89. The van der Waals surface area contributed by atoms with Crippen LogP contribution in [-0.4, -0.2) is 31.1 Å². The molecule has 8 heteroatoms. The quantitative estimate of drug-likeness (QED) is 0.449. The number of nitrogens with zero attached hydrogens (tertiary/aromatic N) is 4. The lowest BCUT2D eigenvalue weighted by Gasteiger charge is -2.13. The lowest BCUT2D eigenvalue weighted by atomic mass is 10.2. The van der Waals surface area contributed by atoms with Gasteiger partial charge < -0.3 is 15.2 Å². The maximum atomic E-state index is 12.9. The van der Waals surface area contributed by atoms with Gasteiger partial charge in [-0.1, -0.05) is 30.3 Å². The standard InChI is InChI=1S/C25H26N6O2/c1-17-13-23(18(2)30(17)14-20-7-5-4-6-8-20)25(33)29-22-11-9-21(10-12-22)28-24(32)19(3)31-16-26-15-27-31/h4-13,15-16,19H,14H2,1-3H3,(H,28,32)(H,29,33). The van der Waals surface area contributed by atoms with E-state index in [0.717, 1.165) is 11.4 Å². The molecule has 168 valence electrons. The van der Waals surface area contributed by atoms with Gasteiger partial charge in [0.25, 0.3) is 5.91 Å². The average molecular weight is 443 g/mol. The first-order valence-corrected chi connectivity index (χ1v) is 10.7. The van der Waals surface area contributed by atoms with Crippen LogP contribution in [0.2, 0.25) is 0 Å². The molecule has 2 N–H and O–H groups in total. The highest BCUT2D eigenvalue weighted by molar-refractivity contribution is 6.05. The van der Waals surface area contributed by atoms with Crippen LogP contribution in [0, 0.1) is 13.8 Å². The average Bonchev–Trinajstić information content (AvgIpc) is 3.45. The fraction of sp³-hybridized carbons (Fsp3) is 0.200. The summed E-state index contributed by atoms with van der Waals surface area (Å²) in [5, 5.41) is 9.77. The van der Waals surface area contributed by atoms with E-state index < -0.39 is 6.04 Å². The van der Waals surface area contributed by atoms with Crippen molar-refractivity contribution in [3.8, 4) is 0 Å². The Kier molecular flexibility index (Phi) is 6.35. The highest BCUT2D eigenvalue weighted by Gasteiger charge is 2.17. The highest BCUT2D eigenvalue weighted by Crippen LogP contribution is 2.20. The van der Waals surface area contributed by atoms with Crippen molar-refractivity contribution in [1.29, 1.82) is 0 Å². The predicted molar refractivity (Wildman–Crippen MR) is 127 cm³/mol. The number of hydrogen-bond donors (Lipinski definition) is 2. The predicted octanol–water partition coefficient (Wildman–Crippen LogP) is 4.20. The van der Waals surface area contributed by atoms with Crippen LogP contribution in [0.15, 0.2) is 73.3 Å². The Morgan fingerprint density at radius 2 is 1.64 bits per heavy atom. The molecule has 8 nitrogen and oxygen atoms in total. The number of anilines is 2. The molecule has 0 aliphatic rings. The molecule has 33 heavy (non-hydrogen) atoms. The van der Waals surface area contributed by atoms with E-state index in [4.69, 9.17) is 0 Å². The molecular formula is C25H26N6O2. The molecule has 0 aliphatic heterocycles. The van der Waals surface area contributed by atoms with Crippen LogP contribution in [0.4, 0.5) is 11.4 Å². The van der Waals surface area contributed by atoms with Gasteiger partial charge in [-0.2, -0.15) is 5.10 Å². The van der Waals surface area contributed by atoms with E-state index in [9.17, 15) is 9.59 Å². The summed E-state index contributed by atoms with van der Waals surface area (Å²) >= 11 is 0. The first-order chi connectivity index (χ1) is 15.9. The maximum absolute atomic E-state index is 12.9. The van der Waals surface area contributed by atoms with Gasteiger partial charge in [-0.15, -0.1) is 0 Å². The summed E-state index contributed by atoms with van der Waals surface area (Å²) in [4.78, 5) is 29.2. The van der Waals surface area contributed by atoms with Gasteiger partial charge in [-0.25, -0.2) is 9.67 Å². The summed E-state index contributed by atoms with van der Waals surface area (Å²) in [5.74, 6) is -0.373. The minimum absolute atomic E-state index is 0.168. The number of aryl methyl sites for hydroxylation is 1. The lowest BCUT2D eigenvalue weighted by molar-refractivity contribution is -0.119. The Balaban J connectivity index is 1.41. The summed E-state index contributed by atoms with van der Waals surface area (Å²) in [5.41, 5.74) is 5.05. The smallest absolute Gasteiger partial charge is 0.257 e. The molecule has 0 bridgehead atoms. The van der Waals surface area contributed by atoms with Gasteiger partial charge in [-0.3, -0.25) is 9.59 Å². The van der Waals surface area contributed by atoms with Crippen LogP contribution < -0.4 is 10.6 Å². The Hall–Kier alpha value is -4.20. The zero-order chi connectivity index (χ0) is 23.4. The summed E-state index contributed by atoms with van der Waals surface area (Å²) in [6.45, 7) is 6.42. The monoisotopic (exact) mass is 442 g/mol. The Bertz CT molecular complexity index is 1240. The van der Waals surface area contributed by atoms with Gasteiger partial charge in [0.1, 0.15) is 18.7 Å². The number of carbonyl (C=O) groups is 2. The molecule has 2 heterocycles. The Morgan fingerprint density at radius 1 is 0.970 bits per heavy atom. The Labute approximate surface area is 192 Å². The molecule has 4 aromatic rings. The number of amides is 2. The second-order valence-corrected chi connectivity index (χ2v) is 7.93. The zero-order valence-electron chi connectivity index (χ0n) is 18.8. The van der Waals surface area contributed by atoms with Gasteiger partial charge in [0.15, 0.2) is 0 Å². The molecule has 1 unspecified atom stereocenters. The maximum Gasteiger partial charge on any atom is 0.257 e. The first-order valence-electron chi connectivity index (χ1n) is 10.7. The third kappa shape index (κ3) is 5.01. The highest BCUT2D eigenvalue weighted by atomic mass is 16.2. The van der Waals surface area contributed by atoms with Gasteiger partial charge in [0, 0.05) is 29.3 Å². The van der Waals surface area contributed by atoms with Gasteiger partial charge >= 0.3 is 0 Å². The molecule has 2 aromatic heterocycles. The van der Waals surface area contributed by atoms with E-state index in [-0.39, 0.29) is 11.8 Å². The number of rotatable bonds is 7. The largest absolute Gasteiger partial charge is 0.344 e. The minimum atomic E-state index is -0.488. The molecule has 2 aromatic carbocycles. The van der Waals surface area contributed by atoms with E-state index in [2.05, 4.69) is 37.4 Å². The Morgan fingerprint density at radius 3 is 2.27 bits per heavy atom. The molecule has 0 radical (unpaired) electrons. The van der Waals surface area contributed by atoms with E-state index in [1.54, 1.807) is 31.2 Å². The SMILES string of the molecule is Cc1cc(C(=O)Nc2ccc(NC(=O)C(C)n3cncn3)cc2)c(C)n1Cc1ccccc1. The van der Waals surface area contributed by atoms with Gasteiger partial charge in [-0.05, 0) is 56.7 Å². The normalized spacial score (nSPS) is 11.7. The minimum Gasteiger partial charge on any atom is -0.344 e. The molecule has 1 atom stereocenters. The van der Waals surface area contributed by atoms with Crippen molar-refractivity contribution < 1.29 is 9.59 Å². The molecule has 0 saturated carbocycles. The van der Waals surface area contributed by atoms with Crippen molar-refractivity contribution in [1.82, 2.24) is 19.3 Å². The third-order valence-electron chi connectivity index (χ3n) is 5.62. The first kappa shape index (κ1) is 22.0. The van der Waals surface area contributed by atoms with Crippen molar-refractivity contribution in [3.63, 3.8) is 0 Å². The van der Waals surface area contributed by atoms with Crippen molar-refractivity contribution in [3.05, 3.63) is 95.8 Å². The number of benzene rings is 2. The van der Waals surface area contributed by atoms with Crippen LogP contribution in [0.25, 0.3) is 0 Å². The van der Waals surface area contributed by atoms with Gasteiger partial charge in [0.2, 0.25) is 5.91 Å². The molecular weight excluding hydrogens is 416 g/mol. The fourth-order valence-corrected chi connectivity index (χ4v) is 3.66. The number of hydrogen-bond acceptors (Lipinski definition) is 4. The topological polar surface area (TPSA) is 93.8 Å². The third-order valence-corrected chi connectivity index (χ3v) is 5.62. The van der Waals surface area contributed by atoms with Crippen LogP contribution in [-0.2, 0) is 11.3 Å². The zero-order valence-corrected chi connectivity index (χ0v) is 18.8. The van der Waals surface area contributed by atoms with Crippen LogP contribution >= 0.6 is 0 Å². The number of aromatic nitrogens is 4. The molecule has 2 amide bonds. The second-order valence-electron chi connectivity index (χ2n) is 7.93. The van der Waals surface area contributed by atoms with Crippen molar-refractivity contribution in [2.75, 3.05) is 10.6 Å². The lowest BCUT2D eigenvalue weighted by Crippen LogP contribution is -2.24. The molecule has 0 aliphatic carbocycles. The van der Waals surface area contributed by atoms with Crippen LogP contribution in [0.1, 0.15) is 40.3 Å².